The molecule has 0 spiro atoms. The standard InChI is InChI=1S/C8H13N3O3S/c1-7-8(6-9-10-7)15(12,13)11-4-2-3-5-14-11/h6H,2-5H2,1H3,(H,9,10). The number of H-pyrrole nitrogens is 1. The van der Waals surface area contributed by atoms with E-state index in [-0.39, 0.29) is 4.90 Å². The lowest BCUT2D eigenvalue weighted by Gasteiger charge is -2.24. The van der Waals surface area contributed by atoms with Crippen LogP contribution >= 0.6 is 0 Å². The quantitative estimate of drug-likeness (QED) is 0.801. The normalized spacial score (nSPS) is 19.3. The molecule has 2 rings (SSSR count). The summed E-state index contributed by atoms with van der Waals surface area (Å²) in [6.07, 6.45) is 3.04. The summed E-state index contributed by atoms with van der Waals surface area (Å²) >= 11 is 0. The molecule has 0 unspecified atom stereocenters. The Labute approximate surface area is 88.2 Å². The van der Waals surface area contributed by atoms with Crippen molar-refractivity contribution in [2.75, 3.05) is 13.2 Å². The molecule has 0 atom stereocenters. The van der Waals surface area contributed by atoms with Crippen molar-refractivity contribution < 1.29 is 13.3 Å². The third-order valence-electron chi connectivity index (χ3n) is 2.30. The molecule has 0 saturated carbocycles. The number of nitrogens with one attached hydrogen (secondary N) is 1. The Morgan fingerprint density at radius 1 is 1.53 bits per heavy atom. The number of aromatic amines is 1. The lowest BCUT2D eigenvalue weighted by molar-refractivity contribution is -0.108. The summed E-state index contributed by atoms with van der Waals surface area (Å²) in [5.74, 6) is 0. The molecule has 0 aliphatic carbocycles. The van der Waals surface area contributed by atoms with Gasteiger partial charge in [0.25, 0.3) is 10.0 Å². The minimum Gasteiger partial charge on any atom is -0.284 e. The summed E-state index contributed by atoms with van der Waals surface area (Å²) in [7, 11) is -3.53. The summed E-state index contributed by atoms with van der Waals surface area (Å²) in [6, 6.07) is 0. The summed E-state index contributed by atoms with van der Waals surface area (Å²) in [4.78, 5) is 5.31. The summed E-state index contributed by atoms with van der Waals surface area (Å²) in [5, 5.41) is 6.30. The Bertz CT molecular complexity index is 434. The van der Waals surface area contributed by atoms with Crippen LogP contribution in [0.3, 0.4) is 0 Å². The minimum atomic E-state index is -3.53. The van der Waals surface area contributed by atoms with Crippen LogP contribution in [0.2, 0.25) is 0 Å². The zero-order valence-corrected chi connectivity index (χ0v) is 9.25. The van der Waals surface area contributed by atoms with Crippen LogP contribution in [0.15, 0.2) is 11.1 Å². The van der Waals surface area contributed by atoms with Crippen LogP contribution in [0.25, 0.3) is 0 Å². The molecule has 1 saturated heterocycles. The van der Waals surface area contributed by atoms with E-state index >= 15 is 0 Å². The summed E-state index contributed by atoms with van der Waals surface area (Å²) in [5.41, 5.74) is 0.532. The first-order valence-corrected chi connectivity index (χ1v) is 6.22. The molecule has 6 nitrogen and oxygen atoms in total. The molecule has 1 aromatic heterocycles. The van der Waals surface area contributed by atoms with E-state index in [0.717, 1.165) is 17.3 Å². The predicted octanol–water partition coefficient (Wildman–Crippen LogP) is 0.434. The molecule has 0 bridgehead atoms. The van der Waals surface area contributed by atoms with Crippen molar-refractivity contribution in [2.24, 2.45) is 0 Å². The average molecular weight is 231 g/mol. The van der Waals surface area contributed by atoms with E-state index in [1.165, 1.54) is 6.20 Å². The topological polar surface area (TPSA) is 75.3 Å². The van der Waals surface area contributed by atoms with E-state index in [4.69, 9.17) is 4.84 Å². The van der Waals surface area contributed by atoms with E-state index in [1.807, 2.05) is 0 Å². The molecule has 0 aromatic carbocycles. The maximum atomic E-state index is 12.0. The molecule has 2 heterocycles. The maximum absolute atomic E-state index is 12.0. The van der Waals surface area contributed by atoms with Crippen LogP contribution in [-0.4, -0.2) is 36.2 Å². The van der Waals surface area contributed by atoms with Crippen LogP contribution < -0.4 is 0 Å². The van der Waals surface area contributed by atoms with Gasteiger partial charge >= 0.3 is 0 Å². The Morgan fingerprint density at radius 2 is 2.33 bits per heavy atom. The molecule has 1 aliphatic heterocycles. The SMILES string of the molecule is Cc1[nH]ncc1S(=O)(=O)N1CCCCO1. The van der Waals surface area contributed by atoms with Gasteiger partial charge in [-0.25, -0.2) is 8.42 Å². The molecular weight excluding hydrogens is 218 g/mol. The van der Waals surface area contributed by atoms with Gasteiger partial charge < -0.3 is 0 Å². The second-order valence-electron chi connectivity index (χ2n) is 3.43. The molecule has 7 heteroatoms. The Balaban J connectivity index is 2.30. The highest BCUT2D eigenvalue weighted by Gasteiger charge is 2.29. The number of sulfonamides is 1. The van der Waals surface area contributed by atoms with Crippen molar-refractivity contribution >= 4 is 10.0 Å². The molecule has 1 aromatic rings. The number of rotatable bonds is 2. The summed E-state index contributed by atoms with van der Waals surface area (Å²) in [6.45, 7) is 2.53. The van der Waals surface area contributed by atoms with E-state index in [2.05, 4.69) is 10.2 Å². The van der Waals surface area contributed by atoms with Crippen molar-refractivity contribution in [1.82, 2.24) is 14.7 Å². The van der Waals surface area contributed by atoms with Crippen LogP contribution in [0.5, 0.6) is 0 Å². The predicted molar refractivity (Wildman–Crippen MR) is 52.4 cm³/mol. The smallest absolute Gasteiger partial charge is 0.268 e. The van der Waals surface area contributed by atoms with Gasteiger partial charge in [0, 0.05) is 6.54 Å². The zero-order valence-electron chi connectivity index (χ0n) is 8.43. The number of aromatic nitrogens is 2. The van der Waals surface area contributed by atoms with Crippen molar-refractivity contribution in [2.45, 2.75) is 24.7 Å². The van der Waals surface area contributed by atoms with Crippen LogP contribution in [0.1, 0.15) is 18.5 Å². The number of aryl methyl sites for hydroxylation is 1. The maximum Gasteiger partial charge on any atom is 0.268 e. The van der Waals surface area contributed by atoms with Crippen LogP contribution in [0.4, 0.5) is 0 Å². The van der Waals surface area contributed by atoms with E-state index < -0.39 is 10.0 Å². The lowest BCUT2D eigenvalue weighted by Crippen LogP contribution is -2.35. The van der Waals surface area contributed by atoms with Crippen molar-refractivity contribution in [1.29, 1.82) is 0 Å². The third-order valence-corrected chi connectivity index (χ3v) is 4.09. The van der Waals surface area contributed by atoms with Crippen molar-refractivity contribution in [3.63, 3.8) is 0 Å². The molecule has 1 fully saturated rings. The van der Waals surface area contributed by atoms with Crippen molar-refractivity contribution in [3.05, 3.63) is 11.9 Å². The van der Waals surface area contributed by atoms with Gasteiger partial charge in [-0.1, -0.05) is 4.47 Å². The fourth-order valence-electron chi connectivity index (χ4n) is 1.47. The summed E-state index contributed by atoms with van der Waals surface area (Å²) < 4.78 is 25.1. The Morgan fingerprint density at radius 3 is 2.87 bits per heavy atom. The second-order valence-corrected chi connectivity index (χ2v) is 5.23. The highest BCUT2D eigenvalue weighted by atomic mass is 32.2. The molecule has 1 N–H and O–H groups in total. The monoisotopic (exact) mass is 231 g/mol. The number of hydrogen-bond acceptors (Lipinski definition) is 4. The number of hydroxylamine groups is 1. The van der Waals surface area contributed by atoms with Gasteiger partial charge in [0.1, 0.15) is 4.90 Å². The average Bonchev–Trinajstić information content (AvgIpc) is 2.66. The molecule has 0 radical (unpaired) electrons. The fourth-order valence-corrected chi connectivity index (χ4v) is 2.89. The molecule has 84 valence electrons. The van der Waals surface area contributed by atoms with Gasteiger partial charge in [-0.05, 0) is 19.8 Å². The van der Waals surface area contributed by atoms with Crippen molar-refractivity contribution in [3.8, 4) is 0 Å². The van der Waals surface area contributed by atoms with E-state index in [9.17, 15) is 8.42 Å². The van der Waals surface area contributed by atoms with Gasteiger partial charge in [0.15, 0.2) is 0 Å². The first-order chi connectivity index (χ1) is 7.12. The van der Waals surface area contributed by atoms with Gasteiger partial charge in [-0.15, -0.1) is 0 Å². The van der Waals surface area contributed by atoms with Gasteiger partial charge in [-0.3, -0.25) is 9.94 Å². The minimum absolute atomic E-state index is 0.185. The van der Waals surface area contributed by atoms with Gasteiger partial charge in [0.05, 0.1) is 18.5 Å². The Kier molecular flexibility index (Phi) is 2.76. The molecular formula is C8H13N3O3S. The van der Waals surface area contributed by atoms with Crippen LogP contribution in [0, 0.1) is 6.92 Å². The van der Waals surface area contributed by atoms with E-state index in [1.54, 1.807) is 6.92 Å². The van der Waals surface area contributed by atoms with Gasteiger partial charge in [-0.2, -0.15) is 5.10 Å². The largest absolute Gasteiger partial charge is 0.284 e. The van der Waals surface area contributed by atoms with Gasteiger partial charge in [0.2, 0.25) is 0 Å². The first kappa shape index (κ1) is 10.6. The highest BCUT2D eigenvalue weighted by Crippen LogP contribution is 2.20. The first-order valence-electron chi connectivity index (χ1n) is 4.78. The fraction of sp³-hybridized carbons (Fsp3) is 0.625. The van der Waals surface area contributed by atoms with Crippen LogP contribution in [-0.2, 0) is 14.9 Å². The number of hydrogen-bond donors (Lipinski definition) is 1. The zero-order chi connectivity index (χ0) is 10.9. The highest BCUT2D eigenvalue weighted by molar-refractivity contribution is 7.89. The number of nitrogens with zero attached hydrogens (tertiary/aromatic N) is 2. The molecule has 1 aliphatic rings. The van der Waals surface area contributed by atoms with E-state index in [0.29, 0.717) is 18.8 Å². The lowest BCUT2D eigenvalue weighted by atomic mass is 10.3. The second kappa shape index (κ2) is 3.92. The molecule has 0 amide bonds. The molecule has 15 heavy (non-hydrogen) atoms. The third kappa shape index (κ3) is 1.90. The Hall–Kier alpha value is -0.920.